The van der Waals surface area contributed by atoms with Crippen LogP contribution in [0.3, 0.4) is 0 Å². The zero-order chi connectivity index (χ0) is 21.7. The summed E-state index contributed by atoms with van der Waals surface area (Å²) >= 11 is 0. The van der Waals surface area contributed by atoms with Crippen molar-refractivity contribution >= 4 is 17.5 Å². The Morgan fingerprint density at radius 2 is 2.23 bits per heavy atom. The topological polar surface area (TPSA) is 144 Å². The SMILES string of the molecule is O=C(O)C[C@@H]1OCC=C2CN3CC[C@]45C6=CC(=O)C(=O)C([NH+]([O-])O)=C6N[C@H]4[C@H]1[C@H]2C[C@@H]35. The van der Waals surface area contributed by atoms with Crippen molar-refractivity contribution in [2.45, 2.75) is 37.5 Å². The van der Waals surface area contributed by atoms with Gasteiger partial charge in [-0.1, -0.05) is 11.6 Å². The van der Waals surface area contributed by atoms with Crippen LogP contribution in [-0.2, 0) is 19.1 Å². The number of allylic oxidation sites excluding steroid dienone is 3. The lowest BCUT2D eigenvalue weighted by Gasteiger charge is -2.55. The largest absolute Gasteiger partial charge is 0.595 e. The number of fused-ring (bicyclic) bond motifs is 2. The summed E-state index contributed by atoms with van der Waals surface area (Å²) in [5.74, 6) is -2.83. The van der Waals surface area contributed by atoms with Crippen LogP contribution in [0.2, 0.25) is 0 Å². The van der Waals surface area contributed by atoms with Gasteiger partial charge in [0.25, 0.3) is 5.78 Å². The summed E-state index contributed by atoms with van der Waals surface area (Å²) < 4.78 is 6.01. The van der Waals surface area contributed by atoms with Crippen LogP contribution in [0.4, 0.5) is 0 Å². The minimum atomic E-state index is -1.42. The molecule has 0 aromatic rings. The predicted molar refractivity (Wildman–Crippen MR) is 102 cm³/mol. The molecule has 3 saturated heterocycles. The number of carboxylic acid groups (broad SMARTS) is 1. The van der Waals surface area contributed by atoms with Crippen molar-refractivity contribution in [1.29, 1.82) is 0 Å². The molecular formula is C21H23N3O7. The maximum Gasteiger partial charge on any atom is 0.305 e. The smallest absolute Gasteiger partial charge is 0.305 e. The summed E-state index contributed by atoms with van der Waals surface area (Å²) in [6.07, 6.45) is 4.23. The number of piperidine rings is 1. The van der Waals surface area contributed by atoms with Crippen LogP contribution in [0.1, 0.15) is 19.3 Å². The molecule has 0 aromatic heterocycles. The van der Waals surface area contributed by atoms with Crippen molar-refractivity contribution in [2.75, 3.05) is 19.7 Å². The van der Waals surface area contributed by atoms with Crippen molar-refractivity contribution in [3.8, 4) is 0 Å². The molecule has 7 atom stereocenters. The summed E-state index contributed by atoms with van der Waals surface area (Å²) in [6.45, 7) is 1.93. The van der Waals surface area contributed by atoms with Gasteiger partial charge in [-0.3, -0.25) is 19.3 Å². The van der Waals surface area contributed by atoms with Gasteiger partial charge in [-0.15, -0.1) is 0 Å². The fourth-order valence-electron chi connectivity index (χ4n) is 7.28. The number of carboxylic acids is 1. The first-order chi connectivity index (χ1) is 14.8. The number of quaternary nitrogens is 1. The summed E-state index contributed by atoms with van der Waals surface area (Å²) in [5, 5.41) is 33.1. The molecule has 10 heteroatoms. The number of hydroxylamine groups is 2. The number of ether oxygens (including phenoxy) is 1. The average molecular weight is 429 g/mol. The third kappa shape index (κ3) is 2.36. The highest BCUT2D eigenvalue weighted by molar-refractivity contribution is 6.48. The normalized spacial score (nSPS) is 41.7. The first-order valence-electron chi connectivity index (χ1n) is 10.6. The minimum Gasteiger partial charge on any atom is -0.595 e. The summed E-state index contributed by atoms with van der Waals surface area (Å²) in [4.78, 5) is 38.9. The molecule has 4 aliphatic heterocycles. The third-order valence-electron chi connectivity index (χ3n) is 8.31. The quantitative estimate of drug-likeness (QED) is 0.183. The molecule has 4 heterocycles. The number of carbonyl (C=O) groups excluding carboxylic acids is 2. The number of nitrogens with one attached hydrogen (secondary N) is 2. The summed E-state index contributed by atoms with van der Waals surface area (Å²) in [5.41, 5.74) is 1.05. The van der Waals surface area contributed by atoms with Crippen molar-refractivity contribution in [1.82, 2.24) is 10.2 Å². The summed E-state index contributed by atoms with van der Waals surface area (Å²) in [6, 6.07) is -0.200. The zero-order valence-electron chi connectivity index (χ0n) is 16.7. The number of hydrogen-bond acceptors (Lipinski definition) is 8. The van der Waals surface area contributed by atoms with Gasteiger partial charge in [-0.05, 0) is 37.0 Å². The van der Waals surface area contributed by atoms with Gasteiger partial charge in [0, 0.05) is 30.0 Å². The second kappa shape index (κ2) is 6.33. The average Bonchev–Trinajstić information content (AvgIpc) is 3.18. The Bertz CT molecular complexity index is 1010. The molecule has 4 fully saturated rings. The van der Waals surface area contributed by atoms with Crippen molar-refractivity contribution in [3.05, 3.63) is 39.9 Å². The maximum absolute atomic E-state index is 12.5. The van der Waals surface area contributed by atoms with E-state index in [2.05, 4.69) is 16.3 Å². The first-order valence-corrected chi connectivity index (χ1v) is 10.6. The molecule has 6 aliphatic rings. The molecule has 2 bridgehead atoms. The van der Waals surface area contributed by atoms with Crippen LogP contribution in [0.5, 0.6) is 0 Å². The monoisotopic (exact) mass is 429 g/mol. The molecule has 1 spiro atoms. The first kappa shape index (κ1) is 19.3. The van der Waals surface area contributed by atoms with Gasteiger partial charge in [-0.2, -0.15) is 5.23 Å². The number of nitrogens with zero attached hydrogens (tertiary/aromatic N) is 1. The highest BCUT2D eigenvalue weighted by Gasteiger charge is 2.69. The Hall–Kier alpha value is -2.37. The van der Waals surface area contributed by atoms with Gasteiger partial charge in [0.05, 0.1) is 19.1 Å². The Morgan fingerprint density at radius 3 is 2.97 bits per heavy atom. The van der Waals surface area contributed by atoms with Crippen LogP contribution >= 0.6 is 0 Å². The number of Topliss-reactive ketones (excluding diaryl/α,β-unsaturated/α-hetero) is 1. The third-order valence-corrected chi connectivity index (χ3v) is 8.31. The van der Waals surface area contributed by atoms with Gasteiger partial charge in [-0.25, -0.2) is 5.21 Å². The lowest BCUT2D eigenvalue weighted by atomic mass is 9.54. The van der Waals surface area contributed by atoms with E-state index < -0.39 is 40.0 Å². The van der Waals surface area contributed by atoms with Crippen molar-refractivity contribution in [2.24, 2.45) is 17.3 Å². The Kier molecular flexibility index (Phi) is 3.95. The maximum atomic E-state index is 12.5. The van der Waals surface area contributed by atoms with E-state index in [1.807, 2.05) is 0 Å². The van der Waals surface area contributed by atoms with Gasteiger partial charge in [0.2, 0.25) is 11.5 Å². The minimum absolute atomic E-state index is 0.103. The number of aliphatic carboxylic acids is 1. The van der Waals surface area contributed by atoms with Crippen LogP contribution in [-0.4, -0.2) is 70.6 Å². The van der Waals surface area contributed by atoms with Crippen molar-refractivity contribution < 1.29 is 34.7 Å². The van der Waals surface area contributed by atoms with E-state index in [0.717, 1.165) is 25.9 Å². The van der Waals surface area contributed by atoms with E-state index in [0.29, 0.717) is 12.2 Å². The molecule has 1 saturated carbocycles. The highest BCUT2D eigenvalue weighted by atomic mass is 16.8. The van der Waals surface area contributed by atoms with Crippen LogP contribution in [0.15, 0.2) is 34.7 Å². The molecule has 0 aromatic carbocycles. The second-order valence-corrected chi connectivity index (χ2v) is 9.37. The van der Waals surface area contributed by atoms with E-state index in [1.54, 1.807) is 0 Å². The van der Waals surface area contributed by atoms with E-state index in [1.165, 1.54) is 11.6 Å². The molecule has 31 heavy (non-hydrogen) atoms. The van der Waals surface area contributed by atoms with E-state index >= 15 is 0 Å². The number of carbonyl (C=O) groups is 3. The van der Waals surface area contributed by atoms with Crippen molar-refractivity contribution in [3.63, 3.8) is 0 Å². The lowest BCUT2D eigenvalue weighted by molar-refractivity contribution is -1.01. The standard InChI is InChI=1S/C21H23N3O7/c25-12-6-11-17(18(19(12)28)24(29)30)22-20-16-10-5-14-21(11,20)2-3-23(14)8-9(10)1-4-31-13(16)7-15(26)27/h1,6,10,13-14,16,20,22,24,29H,2-5,7-8H2,(H,26,27)/t10-,13-,14+,16-,20-,21+/m0/s1. The van der Waals surface area contributed by atoms with E-state index in [-0.39, 0.29) is 36.0 Å². The molecule has 0 amide bonds. The number of hydrogen-bond donors (Lipinski definition) is 4. The molecular weight excluding hydrogens is 406 g/mol. The lowest BCUT2D eigenvalue weighted by Crippen LogP contribution is -3.04. The molecule has 10 nitrogen and oxygen atoms in total. The molecule has 6 rings (SSSR count). The second-order valence-electron chi connectivity index (χ2n) is 9.37. The molecule has 4 N–H and O–H groups in total. The Balaban J connectivity index is 1.56. The van der Waals surface area contributed by atoms with Crippen LogP contribution in [0.25, 0.3) is 0 Å². The number of ketones is 2. The predicted octanol–water partition coefficient (Wildman–Crippen LogP) is -1.47. The number of rotatable bonds is 3. The molecule has 164 valence electrons. The fourth-order valence-corrected chi connectivity index (χ4v) is 7.28. The van der Waals surface area contributed by atoms with Gasteiger partial charge in [0.15, 0.2) is 0 Å². The Labute approximate surface area is 177 Å². The van der Waals surface area contributed by atoms with Gasteiger partial charge < -0.3 is 20.4 Å². The van der Waals surface area contributed by atoms with E-state index in [9.17, 15) is 29.9 Å². The fraction of sp³-hybridized carbons (Fsp3) is 0.571. The zero-order valence-corrected chi connectivity index (χ0v) is 16.7. The highest BCUT2D eigenvalue weighted by Crippen LogP contribution is 2.64. The van der Waals surface area contributed by atoms with Gasteiger partial charge >= 0.3 is 5.97 Å². The van der Waals surface area contributed by atoms with Gasteiger partial charge in [0.1, 0.15) is 5.70 Å². The van der Waals surface area contributed by atoms with Crippen LogP contribution < -0.4 is 10.5 Å². The summed E-state index contributed by atoms with van der Waals surface area (Å²) in [7, 11) is 0. The van der Waals surface area contributed by atoms with Crippen LogP contribution in [0, 0.1) is 22.5 Å². The molecule has 2 aliphatic carbocycles. The Morgan fingerprint density at radius 1 is 1.42 bits per heavy atom. The molecule has 1 unspecified atom stereocenters. The van der Waals surface area contributed by atoms with E-state index in [4.69, 9.17) is 4.74 Å². The molecule has 0 radical (unpaired) electrons.